The van der Waals surface area contributed by atoms with E-state index in [0.29, 0.717) is 36.3 Å². The highest BCUT2D eigenvalue weighted by molar-refractivity contribution is 6.05. The quantitative estimate of drug-likeness (QED) is 0.862. The highest BCUT2D eigenvalue weighted by Crippen LogP contribution is 2.24. The zero-order valence-corrected chi connectivity index (χ0v) is 16.5. The van der Waals surface area contributed by atoms with Gasteiger partial charge in [-0.1, -0.05) is 6.07 Å². The highest BCUT2D eigenvalue weighted by Gasteiger charge is 2.32. The lowest BCUT2D eigenvalue weighted by molar-refractivity contribution is -0.130. The average Bonchev–Trinajstić information content (AvgIpc) is 3.41. The summed E-state index contributed by atoms with van der Waals surface area (Å²) in [6.07, 6.45) is 6.04. The molecule has 7 heteroatoms. The van der Waals surface area contributed by atoms with Crippen molar-refractivity contribution in [2.24, 2.45) is 0 Å². The summed E-state index contributed by atoms with van der Waals surface area (Å²) >= 11 is 0. The Balaban J connectivity index is 1.41. The first-order chi connectivity index (χ1) is 14.0. The predicted molar refractivity (Wildman–Crippen MR) is 108 cm³/mol. The number of likely N-dealkylation sites (tertiary alicyclic amines) is 2. The Morgan fingerprint density at radius 1 is 1.10 bits per heavy atom. The number of nitrogens with one attached hydrogen (secondary N) is 1. The van der Waals surface area contributed by atoms with Gasteiger partial charge < -0.3 is 19.5 Å². The van der Waals surface area contributed by atoms with Gasteiger partial charge in [-0.3, -0.25) is 14.4 Å². The van der Waals surface area contributed by atoms with Gasteiger partial charge in [0, 0.05) is 43.3 Å². The first-order valence-corrected chi connectivity index (χ1v) is 10.1. The van der Waals surface area contributed by atoms with E-state index < -0.39 is 0 Å². The number of piperidine rings is 1. The first-order valence-electron chi connectivity index (χ1n) is 10.1. The normalized spacial score (nSPS) is 17.6. The van der Waals surface area contributed by atoms with Crippen LogP contribution in [0.2, 0.25) is 0 Å². The molecule has 0 atom stereocenters. The smallest absolute Gasteiger partial charge is 0.258 e. The minimum absolute atomic E-state index is 0.0463. The molecule has 0 bridgehead atoms. The minimum atomic E-state index is -0.275. The molecule has 1 aromatic carbocycles. The summed E-state index contributed by atoms with van der Waals surface area (Å²) in [6.45, 7) is 4.00. The molecular weight excluding hydrogens is 370 g/mol. The summed E-state index contributed by atoms with van der Waals surface area (Å²) in [4.78, 5) is 41.1. The lowest BCUT2D eigenvalue weighted by Crippen LogP contribution is -2.47. The summed E-state index contributed by atoms with van der Waals surface area (Å²) in [7, 11) is 0. The Bertz CT molecular complexity index is 914. The second kappa shape index (κ2) is 8.11. The van der Waals surface area contributed by atoms with Gasteiger partial charge in [0.1, 0.15) is 6.26 Å². The molecule has 2 saturated heterocycles. The standard InChI is InChI=1S/C22H25N3O4/c1-15-4-5-16(13-19(15)23-21(27)17-8-12-29-14-17)22(28)24-10-6-18(7-11-24)25-9-2-3-20(25)26/h4-5,8,12-14,18H,2-3,6-7,9-11H2,1H3,(H,23,27). The van der Waals surface area contributed by atoms with Crippen LogP contribution in [0.25, 0.3) is 0 Å². The van der Waals surface area contributed by atoms with Crippen molar-refractivity contribution in [3.8, 4) is 0 Å². The lowest BCUT2D eigenvalue weighted by Gasteiger charge is -2.36. The van der Waals surface area contributed by atoms with Crippen LogP contribution in [0, 0.1) is 6.92 Å². The van der Waals surface area contributed by atoms with Crippen LogP contribution in [0.4, 0.5) is 5.69 Å². The van der Waals surface area contributed by atoms with Crippen molar-refractivity contribution in [3.63, 3.8) is 0 Å². The fourth-order valence-electron chi connectivity index (χ4n) is 4.10. The van der Waals surface area contributed by atoms with Crippen molar-refractivity contribution in [1.82, 2.24) is 9.80 Å². The minimum Gasteiger partial charge on any atom is -0.472 e. The van der Waals surface area contributed by atoms with Crippen LogP contribution in [-0.2, 0) is 4.79 Å². The van der Waals surface area contributed by atoms with Gasteiger partial charge in [-0.05, 0) is 49.9 Å². The third kappa shape index (κ3) is 4.04. The van der Waals surface area contributed by atoms with E-state index >= 15 is 0 Å². The Labute approximate surface area is 169 Å². The number of hydrogen-bond acceptors (Lipinski definition) is 4. The van der Waals surface area contributed by atoms with Crippen LogP contribution in [-0.4, -0.2) is 53.2 Å². The fraction of sp³-hybridized carbons (Fsp3) is 0.409. The number of rotatable bonds is 4. The van der Waals surface area contributed by atoms with Gasteiger partial charge in [-0.15, -0.1) is 0 Å². The van der Waals surface area contributed by atoms with Crippen molar-refractivity contribution in [1.29, 1.82) is 0 Å². The third-order valence-corrected chi connectivity index (χ3v) is 5.82. The fourth-order valence-corrected chi connectivity index (χ4v) is 4.10. The van der Waals surface area contributed by atoms with E-state index in [1.807, 2.05) is 22.8 Å². The number of hydrogen-bond donors (Lipinski definition) is 1. The SMILES string of the molecule is Cc1ccc(C(=O)N2CCC(N3CCCC3=O)CC2)cc1NC(=O)c1ccoc1. The summed E-state index contributed by atoms with van der Waals surface area (Å²) in [5.74, 6) is -0.0798. The Kier molecular flexibility index (Phi) is 5.38. The van der Waals surface area contributed by atoms with E-state index in [-0.39, 0.29) is 23.8 Å². The highest BCUT2D eigenvalue weighted by atomic mass is 16.3. The molecule has 0 saturated carbocycles. The third-order valence-electron chi connectivity index (χ3n) is 5.82. The van der Waals surface area contributed by atoms with Crippen molar-refractivity contribution < 1.29 is 18.8 Å². The number of carbonyl (C=O) groups excluding carboxylic acids is 3. The molecule has 7 nitrogen and oxygen atoms in total. The van der Waals surface area contributed by atoms with E-state index in [2.05, 4.69) is 5.32 Å². The molecule has 152 valence electrons. The van der Waals surface area contributed by atoms with Crippen LogP contribution < -0.4 is 5.32 Å². The maximum absolute atomic E-state index is 13.0. The number of carbonyl (C=O) groups is 3. The van der Waals surface area contributed by atoms with Gasteiger partial charge in [-0.2, -0.15) is 0 Å². The number of nitrogens with zero attached hydrogens (tertiary/aromatic N) is 2. The van der Waals surface area contributed by atoms with Crippen LogP contribution >= 0.6 is 0 Å². The summed E-state index contributed by atoms with van der Waals surface area (Å²) < 4.78 is 4.95. The molecule has 0 unspecified atom stereocenters. The first kappa shape index (κ1) is 19.2. The molecule has 0 spiro atoms. The number of furan rings is 1. The number of aryl methyl sites for hydroxylation is 1. The van der Waals surface area contributed by atoms with Crippen molar-refractivity contribution in [3.05, 3.63) is 53.5 Å². The van der Waals surface area contributed by atoms with Crippen LogP contribution in [0.1, 0.15) is 52.0 Å². The number of amides is 3. The van der Waals surface area contributed by atoms with Gasteiger partial charge in [0.05, 0.1) is 11.8 Å². The molecule has 0 radical (unpaired) electrons. The molecule has 3 heterocycles. The van der Waals surface area contributed by atoms with Crippen molar-refractivity contribution in [2.45, 2.75) is 38.6 Å². The predicted octanol–water partition coefficient (Wildman–Crippen LogP) is 3.07. The zero-order valence-electron chi connectivity index (χ0n) is 16.5. The second-order valence-electron chi connectivity index (χ2n) is 7.71. The summed E-state index contributed by atoms with van der Waals surface area (Å²) in [5.41, 5.74) is 2.47. The molecule has 1 N–H and O–H groups in total. The van der Waals surface area contributed by atoms with Gasteiger partial charge in [-0.25, -0.2) is 0 Å². The Morgan fingerprint density at radius 2 is 1.90 bits per heavy atom. The number of anilines is 1. The Hall–Kier alpha value is -3.09. The monoisotopic (exact) mass is 395 g/mol. The molecule has 4 rings (SSSR count). The van der Waals surface area contributed by atoms with E-state index in [1.165, 1.54) is 12.5 Å². The van der Waals surface area contributed by atoms with Gasteiger partial charge in [0.2, 0.25) is 5.91 Å². The van der Waals surface area contributed by atoms with E-state index in [4.69, 9.17) is 4.42 Å². The molecule has 2 aromatic rings. The van der Waals surface area contributed by atoms with Crippen LogP contribution in [0.15, 0.2) is 41.2 Å². The molecule has 2 aliphatic rings. The van der Waals surface area contributed by atoms with E-state index in [1.54, 1.807) is 18.2 Å². The Morgan fingerprint density at radius 3 is 2.55 bits per heavy atom. The van der Waals surface area contributed by atoms with Gasteiger partial charge in [0.15, 0.2) is 0 Å². The molecule has 2 aliphatic heterocycles. The van der Waals surface area contributed by atoms with Gasteiger partial charge in [0.25, 0.3) is 11.8 Å². The molecule has 1 aromatic heterocycles. The topological polar surface area (TPSA) is 82.9 Å². The van der Waals surface area contributed by atoms with Gasteiger partial charge >= 0.3 is 0 Å². The summed E-state index contributed by atoms with van der Waals surface area (Å²) in [6, 6.07) is 7.20. The van der Waals surface area contributed by atoms with Crippen LogP contribution in [0.3, 0.4) is 0 Å². The molecule has 3 amide bonds. The second-order valence-corrected chi connectivity index (χ2v) is 7.71. The summed E-state index contributed by atoms with van der Waals surface area (Å²) in [5, 5.41) is 2.85. The number of benzene rings is 1. The zero-order chi connectivity index (χ0) is 20.4. The molecular formula is C22H25N3O4. The van der Waals surface area contributed by atoms with Crippen molar-refractivity contribution in [2.75, 3.05) is 25.0 Å². The maximum Gasteiger partial charge on any atom is 0.258 e. The van der Waals surface area contributed by atoms with E-state index in [9.17, 15) is 14.4 Å². The van der Waals surface area contributed by atoms with E-state index in [0.717, 1.165) is 31.4 Å². The lowest BCUT2D eigenvalue weighted by atomic mass is 10.0. The average molecular weight is 395 g/mol. The van der Waals surface area contributed by atoms with Crippen LogP contribution in [0.5, 0.6) is 0 Å². The largest absolute Gasteiger partial charge is 0.472 e. The molecule has 0 aliphatic carbocycles. The van der Waals surface area contributed by atoms with Crippen molar-refractivity contribution >= 4 is 23.4 Å². The maximum atomic E-state index is 13.0. The molecule has 2 fully saturated rings. The molecule has 29 heavy (non-hydrogen) atoms.